The number of hydrogen-bond acceptors (Lipinski definition) is 5. The molecule has 8 heteroatoms. The SMILES string of the molecule is COc1ccc(CN2CCCC2c2nc(N)ncc2-c2ccc(C(F)(F)F)cc2)cc1. The maximum atomic E-state index is 13.0. The van der Waals surface area contributed by atoms with E-state index in [0.29, 0.717) is 11.1 Å². The van der Waals surface area contributed by atoms with E-state index in [2.05, 4.69) is 14.9 Å². The molecule has 0 saturated carbocycles. The van der Waals surface area contributed by atoms with Gasteiger partial charge in [0, 0.05) is 18.3 Å². The second-order valence-corrected chi connectivity index (χ2v) is 7.58. The molecule has 1 saturated heterocycles. The third kappa shape index (κ3) is 4.64. The van der Waals surface area contributed by atoms with Gasteiger partial charge in [-0.15, -0.1) is 0 Å². The number of methoxy groups -OCH3 is 1. The van der Waals surface area contributed by atoms with Crippen LogP contribution < -0.4 is 10.5 Å². The van der Waals surface area contributed by atoms with Crippen LogP contribution >= 0.6 is 0 Å². The summed E-state index contributed by atoms with van der Waals surface area (Å²) in [5.74, 6) is 0.955. The van der Waals surface area contributed by atoms with E-state index in [1.807, 2.05) is 24.3 Å². The molecule has 0 radical (unpaired) electrons. The fraction of sp³-hybridized carbons (Fsp3) is 0.304. The van der Waals surface area contributed by atoms with E-state index in [1.54, 1.807) is 13.3 Å². The summed E-state index contributed by atoms with van der Waals surface area (Å²) in [6.45, 7) is 1.62. The zero-order valence-corrected chi connectivity index (χ0v) is 17.1. The Morgan fingerprint density at radius 1 is 1.10 bits per heavy atom. The van der Waals surface area contributed by atoms with Crippen molar-refractivity contribution in [1.82, 2.24) is 14.9 Å². The molecule has 1 atom stereocenters. The van der Waals surface area contributed by atoms with Gasteiger partial charge in [-0.05, 0) is 54.8 Å². The van der Waals surface area contributed by atoms with Gasteiger partial charge in [-0.3, -0.25) is 4.90 Å². The van der Waals surface area contributed by atoms with Crippen molar-refractivity contribution in [2.24, 2.45) is 0 Å². The largest absolute Gasteiger partial charge is 0.497 e. The van der Waals surface area contributed by atoms with Crippen molar-refractivity contribution in [3.8, 4) is 16.9 Å². The standard InChI is InChI=1S/C23H23F3N4O/c1-31-18-10-4-15(5-11-18)14-30-12-2-3-20(30)21-19(13-28-22(27)29-21)16-6-8-17(9-7-16)23(24,25)26/h4-11,13,20H,2-3,12,14H2,1H3,(H2,27,28,29). The molecule has 2 aromatic carbocycles. The molecule has 31 heavy (non-hydrogen) atoms. The smallest absolute Gasteiger partial charge is 0.416 e. The Labute approximate surface area is 178 Å². The number of anilines is 1. The monoisotopic (exact) mass is 428 g/mol. The van der Waals surface area contributed by atoms with Crippen molar-refractivity contribution in [3.05, 3.63) is 71.5 Å². The topological polar surface area (TPSA) is 64.3 Å². The molecule has 1 aliphatic rings. The van der Waals surface area contributed by atoms with Gasteiger partial charge in [0.05, 0.1) is 24.4 Å². The maximum absolute atomic E-state index is 13.0. The highest BCUT2D eigenvalue weighted by atomic mass is 19.4. The molecule has 0 amide bonds. The maximum Gasteiger partial charge on any atom is 0.416 e. The number of alkyl halides is 3. The summed E-state index contributed by atoms with van der Waals surface area (Å²) < 4.78 is 44.1. The molecule has 2 N–H and O–H groups in total. The van der Waals surface area contributed by atoms with Crippen LogP contribution in [0, 0.1) is 0 Å². The minimum Gasteiger partial charge on any atom is -0.497 e. The Kier molecular flexibility index (Phi) is 5.82. The number of hydrogen-bond donors (Lipinski definition) is 1. The minimum atomic E-state index is -4.38. The van der Waals surface area contributed by atoms with E-state index in [9.17, 15) is 13.2 Å². The number of benzene rings is 2. The molecule has 1 unspecified atom stereocenters. The van der Waals surface area contributed by atoms with Crippen molar-refractivity contribution in [1.29, 1.82) is 0 Å². The molecule has 1 fully saturated rings. The first-order chi connectivity index (χ1) is 14.8. The van der Waals surface area contributed by atoms with Crippen LogP contribution in [-0.4, -0.2) is 28.5 Å². The highest BCUT2D eigenvalue weighted by molar-refractivity contribution is 5.66. The third-order valence-electron chi connectivity index (χ3n) is 5.58. The summed E-state index contributed by atoms with van der Waals surface area (Å²) in [7, 11) is 1.63. The quantitative estimate of drug-likeness (QED) is 0.613. The molecule has 3 aromatic rings. The average molecular weight is 428 g/mol. The Bertz CT molecular complexity index is 1040. The van der Waals surface area contributed by atoms with E-state index in [1.165, 1.54) is 12.1 Å². The zero-order chi connectivity index (χ0) is 22.0. The van der Waals surface area contributed by atoms with Gasteiger partial charge in [-0.1, -0.05) is 24.3 Å². The van der Waals surface area contributed by atoms with Gasteiger partial charge in [-0.25, -0.2) is 9.97 Å². The molecule has 2 heterocycles. The number of nitrogens with two attached hydrogens (primary N) is 1. The van der Waals surface area contributed by atoms with E-state index in [4.69, 9.17) is 10.5 Å². The lowest BCUT2D eigenvalue weighted by Gasteiger charge is -2.26. The number of nitrogen functional groups attached to an aromatic ring is 1. The lowest BCUT2D eigenvalue weighted by Crippen LogP contribution is -2.24. The summed E-state index contributed by atoms with van der Waals surface area (Å²) in [6, 6.07) is 13.0. The van der Waals surface area contributed by atoms with Crippen molar-refractivity contribution in [3.63, 3.8) is 0 Å². The van der Waals surface area contributed by atoms with Gasteiger partial charge >= 0.3 is 6.18 Å². The van der Waals surface area contributed by atoms with Crippen LogP contribution in [-0.2, 0) is 12.7 Å². The Hall–Kier alpha value is -3.13. The molecule has 0 bridgehead atoms. The van der Waals surface area contributed by atoms with Crippen LogP contribution in [0.1, 0.15) is 35.7 Å². The lowest BCUT2D eigenvalue weighted by molar-refractivity contribution is -0.137. The number of rotatable bonds is 5. The van der Waals surface area contributed by atoms with Gasteiger partial charge in [0.1, 0.15) is 5.75 Å². The third-order valence-corrected chi connectivity index (χ3v) is 5.58. The average Bonchev–Trinajstić information content (AvgIpc) is 3.22. The second kappa shape index (κ2) is 8.55. The number of halogens is 3. The summed E-state index contributed by atoms with van der Waals surface area (Å²) in [6.07, 6.45) is -0.888. The number of nitrogens with zero attached hydrogens (tertiary/aromatic N) is 3. The fourth-order valence-corrected chi connectivity index (χ4v) is 4.02. The summed E-state index contributed by atoms with van der Waals surface area (Å²) in [5, 5.41) is 0. The van der Waals surface area contributed by atoms with E-state index < -0.39 is 11.7 Å². The van der Waals surface area contributed by atoms with Crippen LogP contribution in [0.2, 0.25) is 0 Å². The molecular formula is C23H23F3N4O. The number of likely N-dealkylation sites (tertiary alicyclic amines) is 1. The van der Waals surface area contributed by atoms with Gasteiger partial charge in [0.15, 0.2) is 0 Å². The highest BCUT2D eigenvalue weighted by Gasteiger charge is 2.32. The van der Waals surface area contributed by atoms with Crippen LogP contribution in [0.4, 0.5) is 19.1 Å². The van der Waals surface area contributed by atoms with Crippen molar-refractivity contribution in [2.75, 3.05) is 19.4 Å². The molecular weight excluding hydrogens is 405 g/mol. The zero-order valence-electron chi connectivity index (χ0n) is 17.1. The molecule has 0 aliphatic carbocycles. The van der Waals surface area contributed by atoms with Crippen LogP contribution in [0.15, 0.2) is 54.7 Å². The van der Waals surface area contributed by atoms with Crippen molar-refractivity contribution >= 4 is 5.95 Å². The van der Waals surface area contributed by atoms with Gasteiger partial charge in [0.2, 0.25) is 5.95 Å². The van der Waals surface area contributed by atoms with Crippen LogP contribution in [0.5, 0.6) is 5.75 Å². The molecule has 0 spiro atoms. The number of ether oxygens (including phenoxy) is 1. The highest BCUT2D eigenvalue weighted by Crippen LogP contribution is 2.38. The van der Waals surface area contributed by atoms with Crippen molar-refractivity contribution in [2.45, 2.75) is 31.6 Å². The van der Waals surface area contributed by atoms with Crippen LogP contribution in [0.25, 0.3) is 11.1 Å². The van der Waals surface area contributed by atoms with Gasteiger partial charge in [0.25, 0.3) is 0 Å². The fourth-order valence-electron chi connectivity index (χ4n) is 4.02. The number of aromatic nitrogens is 2. The molecule has 5 nitrogen and oxygen atoms in total. The summed E-state index contributed by atoms with van der Waals surface area (Å²) >= 11 is 0. The Morgan fingerprint density at radius 3 is 2.45 bits per heavy atom. The van der Waals surface area contributed by atoms with E-state index in [-0.39, 0.29) is 12.0 Å². The normalized spacial score (nSPS) is 17.1. The lowest BCUT2D eigenvalue weighted by atomic mass is 9.98. The first-order valence-electron chi connectivity index (χ1n) is 10.0. The Balaban J connectivity index is 1.64. The summed E-state index contributed by atoms with van der Waals surface area (Å²) in [4.78, 5) is 10.9. The van der Waals surface area contributed by atoms with Crippen LogP contribution in [0.3, 0.4) is 0 Å². The minimum absolute atomic E-state index is 0.00435. The predicted molar refractivity (Wildman–Crippen MR) is 112 cm³/mol. The van der Waals surface area contributed by atoms with E-state index in [0.717, 1.165) is 55.1 Å². The molecule has 162 valence electrons. The molecule has 1 aromatic heterocycles. The van der Waals surface area contributed by atoms with E-state index >= 15 is 0 Å². The summed E-state index contributed by atoms with van der Waals surface area (Å²) in [5.41, 5.74) is 8.43. The van der Waals surface area contributed by atoms with Gasteiger partial charge < -0.3 is 10.5 Å². The predicted octanol–water partition coefficient (Wildman–Crippen LogP) is 5.09. The molecule has 4 rings (SSSR count). The van der Waals surface area contributed by atoms with Gasteiger partial charge in [-0.2, -0.15) is 13.2 Å². The Morgan fingerprint density at radius 2 is 1.81 bits per heavy atom. The second-order valence-electron chi connectivity index (χ2n) is 7.58. The van der Waals surface area contributed by atoms with Crippen molar-refractivity contribution < 1.29 is 17.9 Å². The molecule has 1 aliphatic heterocycles. The first-order valence-corrected chi connectivity index (χ1v) is 10.0. The first kappa shape index (κ1) is 21.1.